The van der Waals surface area contributed by atoms with Crippen LogP contribution in [0.3, 0.4) is 0 Å². The van der Waals surface area contributed by atoms with Crippen LogP contribution in [0.5, 0.6) is 0 Å². The Hall–Kier alpha value is -2.06. The molecule has 2 aliphatic rings. The van der Waals surface area contributed by atoms with Crippen LogP contribution in [-0.4, -0.2) is 53.8 Å². The van der Waals surface area contributed by atoms with Crippen molar-refractivity contribution in [3.05, 3.63) is 41.0 Å². The van der Waals surface area contributed by atoms with E-state index < -0.39 is 0 Å². The molecule has 0 radical (unpaired) electrons. The molecule has 0 saturated heterocycles. The lowest BCUT2D eigenvalue weighted by Crippen LogP contribution is -2.26. The highest BCUT2D eigenvalue weighted by molar-refractivity contribution is 7.99. The molecule has 7 nitrogen and oxygen atoms in total. The largest absolute Gasteiger partial charge is 0.497 e. The molecule has 0 bridgehead atoms. The second kappa shape index (κ2) is 15.3. The zero-order chi connectivity index (χ0) is 25.8. The standard InChI is InChI=1S/C28H44N4O3S/c1-21-16-22(2)18-23(17-21)20-36-28-31-30-26(32(28)14-9-15-34-3)12-7-8-13-27(33)29-19-24-10-5-6-11-25(24)35-4/h10-11,16,21,23H,5-9,12-15,17-20H2,1-4H3,(H,29,33). The Morgan fingerprint density at radius 3 is 2.81 bits per heavy atom. The second-order valence-corrected chi connectivity index (χ2v) is 11.1. The maximum absolute atomic E-state index is 12.4. The fourth-order valence-electron chi connectivity index (χ4n) is 5.14. The second-order valence-electron chi connectivity index (χ2n) is 10.1. The van der Waals surface area contributed by atoms with Crippen molar-refractivity contribution >= 4 is 17.7 Å². The number of unbranched alkanes of at least 4 members (excludes halogenated alkanes) is 1. The van der Waals surface area contributed by atoms with E-state index in [1.807, 2.05) is 11.8 Å². The van der Waals surface area contributed by atoms with Crippen molar-refractivity contribution in [2.45, 2.75) is 83.3 Å². The highest BCUT2D eigenvalue weighted by atomic mass is 32.2. The van der Waals surface area contributed by atoms with Crippen LogP contribution in [0.2, 0.25) is 0 Å². The molecule has 1 N–H and O–H groups in total. The highest BCUT2D eigenvalue weighted by Gasteiger charge is 2.20. The molecule has 1 heterocycles. The third-order valence-corrected chi connectivity index (χ3v) is 8.01. The molecular weight excluding hydrogens is 472 g/mol. The molecule has 0 spiro atoms. The van der Waals surface area contributed by atoms with Gasteiger partial charge < -0.3 is 19.4 Å². The lowest BCUT2D eigenvalue weighted by molar-refractivity contribution is -0.121. The molecular formula is C28H44N4O3S. The van der Waals surface area contributed by atoms with Gasteiger partial charge in [-0.15, -0.1) is 10.2 Å². The summed E-state index contributed by atoms with van der Waals surface area (Å²) in [5.74, 6) is 4.42. The van der Waals surface area contributed by atoms with E-state index in [1.54, 1.807) is 14.2 Å². The normalized spacial score (nSPS) is 19.9. The van der Waals surface area contributed by atoms with Gasteiger partial charge in [0.2, 0.25) is 5.91 Å². The van der Waals surface area contributed by atoms with E-state index in [-0.39, 0.29) is 5.91 Å². The van der Waals surface area contributed by atoms with Gasteiger partial charge in [0.1, 0.15) is 11.6 Å². The van der Waals surface area contributed by atoms with Gasteiger partial charge in [0.25, 0.3) is 0 Å². The van der Waals surface area contributed by atoms with Crippen molar-refractivity contribution in [1.82, 2.24) is 20.1 Å². The molecule has 1 aromatic rings. The summed E-state index contributed by atoms with van der Waals surface area (Å²) >= 11 is 1.84. The molecule has 0 aliphatic heterocycles. The molecule has 1 amide bonds. The molecule has 1 aromatic heterocycles. The number of aromatic nitrogens is 3. The first-order valence-electron chi connectivity index (χ1n) is 13.4. The van der Waals surface area contributed by atoms with E-state index in [4.69, 9.17) is 9.47 Å². The Labute approximate surface area is 221 Å². The Kier molecular flexibility index (Phi) is 12.1. The fourth-order valence-corrected chi connectivity index (χ4v) is 6.23. The van der Waals surface area contributed by atoms with Crippen LogP contribution < -0.4 is 5.32 Å². The number of aryl methyl sites for hydroxylation is 1. The lowest BCUT2D eigenvalue weighted by Gasteiger charge is -2.24. The topological polar surface area (TPSA) is 78.3 Å². The number of thioether (sulfide) groups is 1. The molecule has 2 atom stereocenters. The number of nitrogens with one attached hydrogen (secondary N) is 1. The summed E-state index contributed by atoms with van der Waals surface area (Å²) in [4.78, 5) is 12.4. The van der Waals surface area contributed by atoms with Crippen LogP contribution in [0.25, 0.3) is 0 Å². The number of allylic oxidation sites excluding steroid dienone is 4. The predicted molar refractivity (Wildman–Crippen MR) is 146 cm³/mol. The Bertz CT molecular complexity index is 937. The van der Waals surface area contributed by atoms with Crippen LogP contribution >= 0.6 is 11.8 Å². The Morgan fingerprint density at radius 1 is 1.19 bits per heavy atom. The summed E-state index contributed by atoms with van der Waals surface area (Å²) in [6.07, 6.45) is 15.1. The molecule has 2 unspecified atom stereocenters. The summed E-state index contributed by atoms with van der Waals surface area (Å²) in [6, 6.07) is 0. The van der Waals surface area contributed by atoms with Gasteiger partial charge in [0, 0.05) is 51.0 Å². The van der Waals surface area contributed by atoms with Gasteiger partial charge in [0.05, 0.1) is 7.11 Å². The van der Waals surface area contributed by atoms with Crippen molar-refractivity contribution in [2.24, 2.45) is 11.8 Å². The first kappa shape index (κ1) is 28.5. The minimum Gasteiger partial charge on any atom is -0.497 e. The molecule has 3 rings (SSSR count). The number of carbonyl (C=O) groups excluding carboxylic acids is 1. The van der Waals surface area contributed by atoms with Gasteiger partial charge in [-0.1, -0.05) is 36.4 Å². The fraction of sp³-hybridized carbons (Fsp3) is 0.679. The Morgan fingerprint density at radius 2 is 2.03 bits per heavy atom. The number of carbonyl (C=O) groups is 1. The van der Waals surface area contributed by atoms with E-state index in [0.29, 0.717) is 24.8 Å². The number of amides is 1. The van der Waals surface area contributed by atoms with E-state index in [0.717, 1.165) is 79.7 Å². The smallest absolute Gasteiger partial charge is 0.220 e. The summed E-state index contributed by atoms with van der Waals surface area (Å²) in [5.41, 5.74) is 2.58. The van der Waals surface area contributed by atoms with E-state index in [2.05, 4.69) is 52.2 Å². The van der Waals surface area contributed by atoms with Crippen LogP contribution in [0.15, 0.2) is 40.3 Å². The predicted octanol–water partition coefficient (Wildman–Crippen LogP) is 5.48. The third-order valence-electron chi connectivity index (χ3n) is 6.81. The van der Waals surface area contributed by atoms with Crippen molar-refractivity contribution in [3.63, 3.8) is 0 Å². The van der Waals surface area contributed by atoms with Gasteiger partial charge in [0.15, 0.2) is 5.16 Å². The van der Waals surface area contributed by atoms with Crippen molar-refractivity contribution in [2.75, 3.05) is 33.1 Å². The lowest BCUT2D eigenvalue weighted by atomic mass is 9.85. The van der Waals surface area contributed by atoms with Crippen molar-refractivity contribution in [1.29, 1.82) is 0 Å². The number of ether oxygens (including phenoxy) is 2. The molecule has 0 aromatic carbocycles. The first-order valence-corrected chi connectivity index (χ1v) is 14.4. The SMILES string of the molecule is COCCCn1c(CCCCC(=O)NCC2=CCCC=C2OC)nnc1SCC1CC(C)=CC(C)C1. The number of hydrogen-bond acceptors (Lipinski definition) is 6. The third kappa shape index (κ3) is 9.11. The summed E-state index contributed by atoms with van der Waals surface area (Å²) in [7, 11) is 3.42. The number of methoxy groups -OCH3 is 2. The molecule has 2 aliphatic carbocycles. The molecule has 36 heavy (non-hydrogen) atoms. The van der Waals surface area contributed by atoms with Gasteiger partial charge in [-0.3, -0.25) is 4.79 Å². The van der Waals surface area contributed by atoms with Crippen LogP contribution in [0, 0.1) is 11.8 Å². The molecule has 8 heteroatoms. The van der Waals surface area contributed by atoms with Crippen molar-refractivity contribution in [3.8, 4) is 0 Å². The number of rotatable bonds is 15. The minimum absolute atomic E-state index is 0.0841. The average molecular weight is 517 g/mol. The maximum Gasteiger partial charge on any atom is 0.220 e. The van der Waals surface area contributed by atoms with Gasteiger partial charge in [-0.05, 0) is 69.8 Å². The summed E-state index contributed by atoms with van der Waals surface area (Å²) < 4.78 is 13.0. The summed E-state index contributed by atoms with van der Waals surface area (Å²) in [6.45, 7) is 6.68. The number of nitrogens with zero attached hydrogens (tertiary/aromatic N) is 3. The minimum atomic E-state index is 0.0841. The Balaban J connectivity index is 1.45. The first-order chi connectivity index (χ1) is 17.5. The van der Waals surface area contributed by atoms with E-state index in [9.17, 15) is 4.79 Å². The highest BCUT2D eigenvalue weighted by Crippen LogP contribution is 2.32. The zero-order valence-corrected chi connectivity index (χ0v) is 23.4. The molecule has 200 valence electrons. The van der Waals surface area contributed by atoms with Crippen LogP contribution in [0.4, 0.5) is 0 Å². The quantitative estimate of drug-likeness (QED) is 0.189. The van der Waals surface area contributed by atoms with E-state index >= 15 is 0 Å². The maximum atomic E-state index is 12.4. The van der Waals surface area contributed by atoms with Gasteiger partial charge >= 0.3 is 0 Å². The number of hydrogen-bond donors (Lipinski definition) is 1. The summed E-state index contributed by atoms with van der Waals surface area (Å²) in [5, 5.41) is 13.1. The van der Waals surface area contributed by atoms with Crippen LogP contribution in [0.1, 0.15) is 71.0 Å². The molecule has 0 saturated carbocycles. The van der Waals surface area contributed by atoms with Gasteiger partial charge in [-0.2, -0.15) is 0 Å². The monoisotopic (exact) mass is 516 g/mol. The van der Waals surface area contributed by atoms with E-state index in [1.165, 1.54) is 18.4 Å². The zero-order valence-electron chi connectivity index (χ0n) is 22.6. The van der Waals surface area contributed by atoms with Crippen LogP contribution in [-0.2, 0) is 27.2 Å². The van der Waals surface area contributed by atoms with Gasteiger partial charge in [-0.25, -0.2) is 0 Å². The average Bonchev–Trinajstić information content (AvgIpc) is 3.25. The molecule has 0 fully saturated rings. The van der Waals surface area contributed by atoms with Crippen molar-refractivity contribution < 1.29 is 14.3 Å².